The van der Waals surface area contributed by atoms with Gasteiger partial charge in [-0.05, 0) is 39.7 Å². The summed E-state index contributed by atoms with van der Waals surface area (Å²) >= 11 is 0. The molecule has 0 aromatic rings. The van der Waals surface area contributed by atoms with Gasteiger partial charge in [0.05, 0.1) is 6.61 Å². The number of ether oxygens (including phenoxy) is 1. The van der Waals surface area contributed by atoms with Gasteiger partial charge in [0.1, 0.15) is 0 Å². The quantitative estimate of drug-likeness (QED) is 0.751. The molecule has 0 aromatic carbocycles. The highest BCUT2D eigenvalue weighted by Gasteiger charge is 2.38. The number of alkyl carbamates (subject to hydrolysis) is 1. The fourth-order valence-electron chi connectivity index (χ4n) is 2.87. The van der Waals surface area contributed by atoms with Gasteiger partial charge < -0.3 is 15.0 Å². The summed E-state index contributed by atoms with van der Waals surface area (Å²) in [6.07, 6.45) is 4.45. The number of amides is 1. The molecule has 0 radical (unpaired) electrons. The van der Waals surface area contributed by atoms with Crippen LogP contribution in [-0.2, 0) is 4.74 Å². The fraction of sp³-hybridized carbons (Fsp3) is 0.909. The molecule has 2 bridgehead atoms. The number of hydrogen-bond acceptors (Lipinski definition) is 3. The van der Waals surface area contributed by atoms with Gasteiger partial charge in [-0.1, -0.05) is 0 Å². The Bertz CT molecular complexity index is 231. The van der Waals surface area contributed by atoms with Crippen LogP contribution in [0.25, 0.3) is 0 Å². The number of hydrogen-bond donors (Lipinski definition) is 1. The van der Waals surface area contributed by atoms with Crippen molar-refractivity contribution in [3.05, 3.63) is 0 Å². The minimum Gasteiger partial charge on any atom is -0.450 e. The SMILES string of the molecule is CCOC(=O)NC1C[C@H]2CC[C@@H](C1)N2C. The molecule has 1 amide bonds. The van der Waals surface area contributed by atoms with Crippen molar-refractivity contribution in [2.75, 3.05) is 13.7 Å². The van der Waals surface area contributed by atoms with Crippen LogP contribution >= 0.6 is 0 Å². The number of carbonyl (C=O) groups excluding carboxylic acids is 1. The van der Waals surface area contributed by atoms with Crippen LogP contribution in [0.2, 0.25) is 0 Å². The zero-order chi connectivity index (χ0) is 10.8. The molecule has 3 atom stereocenters. The molecule has 4 nitrogen and oxygen atoms in total. The first-order chi connectivity index (χ1) is 7.20. The zero-order valence-electron chi connectivity index (χ0n) is 9.53. The first-order valence-corrected chi connectivity index (χ1v) is 5.86. The van der Waals surface area contributed by atoms with Crippen LogP contribution in [0.4, 0.5) is 4.79 Å². The van der Waals surface area contributed by atoms with Gasteiger partial charge in [0, 0.05) is 18.1 Å². The van der Waals surface area contributed by atoms with Crippen molar-refractivity contribution in [1.29, 1.82) is 0 Å². The standard InChI is InChI=1S/C11H20N2O2/c1-3-15-11(14)12-8-6-9-4-5-10(7-8)13(9)2/h8-10H,3-7H2,1-2H3,(H,12,14)/t8?,9-,10+. The maximum atomic E-state index is 11.3. The van der Waals surface area contributed by atoms with E-state index in [2.05, 4.69) is 17.3 Å². The predicted molar refractivity (Wildman–Crippen MR) is 57.8 cm³/mol. The average molecular weight is 212 g/mol. The van der Waals surface area contributed by atoms with Gasteiger partial charge in [-0.2, -0.15) is 0 Å². The van der Waals surface area contributed by atoms with Gasteiger partial charge in [-0.3, -0.25) is 0 Å². The number of rotatable bonds is 2. The van der Waals surface area contributed by atoms with Crippen molar-refractivity contribution in [2.45, 2.75) is 50.7 Å². The molecule has 2 heterocycles. The summed E-state index contributed by atoms with van der Waals surface area (Å²) in [6.45, 7) is 2.28. The molecule has 2 fully saturated rings. The van der Waals surface area contributed by atoms with E-state index in [1.54, 1.807) is 0 Å². The average Bonchev–Trinajstić information content (AvgIpc) is 2.43. The van der Waals surface area contributed by atoms with Crippen molar-refractivity contribution in [2.24, 2.45) is 0 Å². The summed E-state index contributed by atoms with van der Waals surface area (Å²) in [5, 5.41) is 2.95. The topological polar surface area (TPSA) is 41.6 Å². The molecule has 2 rings (SSSR count). The van der Waals surface area contributed by atoms with E-state index >= 15 is 0 Å². The first kappa shape index (κ1) is 10.7. The third-order valence-corrected chi connectivity index (χ3v) is 3.70. The number of carbonyl (C=O) groups is 1. The summed E-state index contributed by atoms with van der Waals surface area (Å²) in [4.78, 5) is 13.7. The third-order valence-electron chi connectivity index (χ3n) is 3.70. The predicted octanol–water partition coefficient (Wildman–Crippen LogP) is 1.36. The number of piperidine rings is 1. The lowest BCUT2D eigenvalue weighted by Gasteiger charge is -2.36. The van der Waals surface area contributed by atoms with Crippen molar-refractivity contribution >= 4 is 6.09 Å². The first-order valence-electron chi connectivity index (χ1n) is 5.86. The van der Waals surface area contributed by atoms with Crippen LogP contribution in [0.15, 0.2) is 0 Å². The summed E-state index contributed by atoms with van der Waals surface area (Å²) in [5.41, 5.74) is 0. The molecule has 0 aliphatic carbocycles. The minimum absolute atomic E-state index is 0.258. The van der Waals surface area contributed by atoms with E-state index in [9.17, 15) is 4.79 Å². The Morgan fingerprint density at radius 1 is 1.40 bits per heavy atom. The zero-order valence-corrected chi connectivity index (χ0v) is 9.53. The van der Waals surface area contributed by atoms with Crippen LogP contribution in [0.1, 0.15) is 32.6 Å². The molecular weight excluding hydrogens is 192 g/mol. The monoisotopic (exact) mass is 212 g/mol. The summed E-state index contributed by atoms with van der Waals surface area (Å²) in [5.74, 6) is 0. The van der Waals surface area contributed by atoms with Crippen molar-refractivity contribution < 1.29 is 9.53 Å². The molecule has 2 aliphatic heterocycles. The Balaban J connectivity index is 1.84. The van der Waals surface area contributed by atoms with E-state index in [0.29, 0.717) is 24.7 Å². The Hall–Kier alpha value is -0.770. The second kappa shape index (κ2) is 4.39. The second-order valence-corrected chi connectivity index (χ2v) is 4.58. The Morgan fingerprint density at radius 2 is 2.00 bits per heavy atom. The van der Waals surface area contributed by atoms with Crippen LogP contribution in [0.5, 0.6) is 0 Å². The lowest BCUT2D eigenvalue weighted by Crippen LogP contribution is -2.48. The van der Waals surface area contributed by atoms with Crippen molar-refractivity contribution in [3.8, 4) is 0 Å². The molecule has 2 aliphatic rings. The highest BCUT2D eigenvalue weighted by Crippen LogP contribution is 2.34. The molecule has 15 heavy (non-hydrogen) atoms. The second-order valence-electron chi connectivity index (χ2n) is 4.58. The molecule has 1 N–H and O–H groups in total. The summed E-state index contributed by atoms with van der Waals surface area (Å²) in [6, 6.07) is 1.64. The van der Waals surface area contributed by atoms with E-state index in [4.69, 9.17) is 4.74 Å². The summed E-state index contributed by atoms with van der Waals surface area (Å²) in [7, 11) is 2.20. The lowest BCUT2D eigenvalue weighted by atomic mass is 9.98. The van der Waals surface area contributed by atoms with Gasteiger partial charge in [-0.25, -0.2) is 4.79 Å². The van der Waals surface area contributed by atoms with Crippen molar-refractivity contribution in [3.63, 3.8) is 0 Å². The molecule has 2 saturated heterocycles. The fourth-order valence-corrected chi connectivity index (χ4v) is 2.87. The van der Waals surface area contributed by atoms with E-state index in [-0.39, 0.29) is 6.09 Å². The van der Waals surface area contributed by atoms with Gasteiger partial charge >= 0.3 is 6.09 Å². The smallest absolute Gasteiger partial charge is 0.407 e. The molecule has 0 saturated carbocycles. The normalized spacial score (nSPS) is 35.2. The maximum Gasteiger partial charge on any atom is 0.407 e. The number of nitrogens with zero attached hydrogens (tertiary/aromatic N) is 1. The van der Waals surface area contributed by atoms with Crippen LogP contribution in [-0.4, -0.2) is 42.8 Å². The van der Waals surface area contributed by atoms with Crippen molar-refractivity contribution in [1.82, 2.24) is 10.2 Å². The number of nitrogens with one attached hydrogen (secondary N) is 1. The van der Waals surface area contributed by atoms with Gasteiger partial charge in [0.2, 0.25) is 0 Å². The Kier molecular flexibility index (Phi) is 3.14. The van der Waals surface area contributed by atoms with Gasteiger partial charge in [0.15, 0.2) is 0 Å². The molecule has 86 valence electrons. The molecule has 0 spiro atoms. The maximum absolute atomic E-state index is 11.3. The molecule has 4 heteroatoms. The molecule has 0 aromatic heterocycles. The van der Waals surface area contributed by atoms with E-state index < -0.39 is 0 Å². The van der Waals surface area contributed by atoms with Gasteiger partial charge in [-0.15, -0.1) is 0 Å². The van der Waals surface area contributed by atoms with E-state index in [0.717, 1.165) is 12.8 Å². The molecular formula is C11H20N2O2. The van der Waals surface area contributed by atoms with Crippen LogP contribution in [0.3, 0.4) is 0 Å². The highest BCUT2D eigenvalue weighted by molar-refractivity contribution is 5.67. The third kappa shape index (κ3) is 2.25. The van der Waals surface area contributed by atoms with Crippen LogP contribution < -0.4 is 5.32 Å². The largest absolute Gasteiger partial charge is 0.450 e. The lowest BCUT2D eigenvalue weighted by molar-refractivity contribution is 0.122. The van der Waals surface area contributed by atoms with Crippen LogP contribution in [0, 0.1) is 0 Å². The minimum atomic E-state index is -0.258. The van der Waals surface area contributed by atoms with E-state index in [1.807, 2.05) is 6.92 Å². The summed E-state index contributed by atoms with van der Waals surface area (Å²) < 4.78 is 4.90. The Morgan fingerprint density at radius 3 is 2.53 bits per heavy atom. The highest BCUT2D eigenvalue weighted by atomic mass is 16.5. The van der Waals surface area contributed by atoms with E-state index in [1.165, 1.54) is 12.8 Å². The number of fused-ring (bicyclic) bond motifs is 2. The van der Waals surface area contributed by atoms with Gasteiger partial charge in [0.25, 0.3) is 0 Å². The Labute approximate surface area is 91.0 Å². The molecule has 1 unspecified atom stereocenters.